The first-order valence-corrected chi connectivity index (χ1v) is 13.0. The molecule has 3 aromatic rings. The highest BCUT2D eigenvalue weighted by molar-refractivity contribution is 5.97. The van der Waals surface area contributed by atoms with Gasteiger partial charge in [0.25, 0.3) is 5.91 Å². The van der Waals surface area contributed by atoms with Crippen LogP contribution in [0.2, 0.25) is 0 Å². The second kappa shape index (κ2) is 10.1. The van der Waals surface area contributed by atoms with Gasteiger partial charge in [-0.3, -0.25) is 9.69 Å². The zero-order chi connectivity index (χ0) is 27.1. The van der Waals surface area contributed by atoms with Crippen LogP contribution in [0.5, 0.6) is 5.75 Å². The van der Waals surface area contributed by atoms with Gasteiger partial charge in [0.1, 0.15) is 23.2 Å². The lowest BCUT2D eigenvalue weighted by atomic mass is 9.74. The molecule has 0 saturated carbocycles. The fourth-order valence-electron chi connectivity index (χ4n) is 5.61. The van der Waals surface area contributed by atoms with E-state index in [1.54, 1.807) is 11.0 Å². The van der Waals surface area contributed by atoms with Crippen molar-refractivity contribution in [3.63, 3.8) is 0 Å². The summed E-state index contributed by atoms with van der Waals surface area (Å²) in [5.74, 6) is -0.783. The Labute approximate surface area is 222 Å². The van der Waals surface area contributed by atoms with Gasteiger partial charge >= 0.3 is 0 Å². The van der Waals surface area contributed by atoms with Crippen molar-refractivity contribution in [2.24, 2.45) is 0 Å². The van der Waals surface area contributed by atoms with Gasteiger partial charge in [-0.25, -0.2) is 13.2 Å². The van der Waals surface area contributed by atoms with Gasteiger partial charge in [-0.05, 0) is 91.0 Å². The summed E-state index contributed by atoms with van der Waals surface area (Å²) in [6.45, 7) is 8.31. The number of ether oxygens (including phenoxy) is 1. The maximum atomic E-state index is 14.3. The molecule has 0 radical (unpaired) electrons. The van der Waals surface area contributed by atoms with Crippen LogP contribution in [-0.4, -0.2) is 37.0 Å². The number of hydrogen-bond donors (Lipinski definition) is 0. The zero-order valence-electron chi connectivity index (χ0n) is 22.1. The standard InChI is InChI=1S/C31H33F3N2O2/c1-30(2,3)22-4-8-25(9-5-22)38-19-29(37)36-20-31(26-17-24(33)7-11-28(26)36)12-14-35(15-13-31)18-21-16-23(32)6-10-27(21)34/h4-11,16-17H,12-15,18-20H2,1-3H3. The molecule has 4 nitrogen and oxygen atoms in total. The lowest BCUT2D eigenvalue weighted by Crippen LogP contribution is -2.46. The van der Waals surface area contributed by atoms with E-state index in [1.807, 2.05) is 24.3 Å². The molecule has 7 heteroatoms. The van der Waals surface area contributed by atoms with Crippen LogP contribution >= 0.6 is 0 Å². The minimum Gasteiger partial charge on any atom is -0.484 e. The number of likely N-dealkylation sites (tertiary alicyclic amines) is 1. The van der Waals surface area contributed by atoms with Gasteiger partial charge in [-0.2, -0.15) is 0 Å². The number of hydrogen-bond acceptors (Lipinski definition) is 3. The molecule has 2 aliphatic heterocycles. The molecular formula is C31H33F3N2O2. The Morgan fingerprint density at radius 2 is 1.58 bits per heavy atom. The van der Waals surface area contributed by atoms with Crippen LogP contribution in [0.15, 0.2) is 60.7 Å². The molecule has 1 fully saturated rings. The number of carbonyl (C=O) groups is 1. The van der Waals surface area contributed by atoms with E-state index in [4.69, 9.17) is 4.74 Å². The van der Waals surface area contributed by atoms with Gasteiger partial charge in [-0.1, -0.05) is 32.9 Å². The van der Waals surface area contributed by atoms with Crippen molar-refractivity contribution in [3.8, 4) is 5.75 Å². The third-order valence-electron chi connectivity index (χ3n) is 7.88. The highest BCUT2D eigenvalue weighted by Crippen LogP contribution is 2.47. The molecule has 5 rings (SSSR count). The third kappa shape index (κ3) is 5.30. The average molecular weight is 523 g/mol. The molecule has 0 aromatic heterocycles. The van der Waals surface area contributed by atoms with Gasteiger partial charge in [0, 0.05) is 29.8 Å². The van der Waals surface area contributed by atoms with E-state index in [1.165, 1.54) is 23.8 Å². The normalized spacial score (nSPS) is 17.1. The van der Waals surface area contributed by atoms with E-state index >= 15 is 0 Å². The lowest BCUT2D eigenvalue weighted by Gasteiger charge is -2.40. The van der Waals surface area contributed by atoms with Crippen molar-refractivity contribution in [1.29, 1.82) is 0 Å². The van der Waals surface area contributed by atoms with E-state index < -0.39 is 17.0 Å². The summed E-state index contributed by atoms with van der Waals surface area (Å²) in [6.07, 6.45) is 1.36. The number of nitrogens with zero attached hydrogens (tertiary/aromatic N) is 2. The van der Waals surface area contributed by atoms with E-state index in [0.717, 1.165) is 17.7 Å². The monoisotopic (exact) mass is 522 g/mol. The van der Waals surface area contributed by atoms with Gasteiger partial charge in [-0.15, -0.1) is 0 Å². The average Bonchev–Trinajstić information content (AvgIpc) is 3.19. The quantitative estimate of drug-likeness (QED) is 0.391. The molecule has 0 bridgehead atoms. The Kier molecular flexibility index (Phi) is 6.99. The number of halogens is 3. The Morgan fingerprint density at radius 1 is 0.921 bits per heavy atom. The molecule has 0 unspecified atom stereocenters. The molecule has 0 atom stereocenters. The molecule has 2 heterocycles. The largest absolute Gasteiger partial charge is 0.484 e. The second-order valence-electron chi connectivity index (χ2n) is 11.5. The topological polar surface area (TPSA) is 32.8 Å². The summed E-state index contributed by atoms with van der Waals surface area (Å²) in [6, 6.07) is 15.8. The third-order valence-corrected chi connectivity index (χ3v) is 7.88. The Hall–Kier alpha value is -3.32. The predicted molar refractivity (Wildman–Crippen MR) is 142 cm³/mol. The van der Waals surface area contributed by atoms with E-state index in [-0.39, 0.29) is 23.7 Å². The van der Waals surface area contributed by atoms with Crippen molar-refractivity contribution in [1.82, 2.24) is 4.90 Å². The molecule has 1 spiro atoms. The lowest BCUT2D eigenvalue weighted by molar-refractivity contribution is -0.120. The van der Waals surface area contributed by atoms with Crippen molar-refractivity contribution in [2.45, 2.75) is 51.0 Å². The van der Waals surface area contributed by atoms with E-state index in [0.29, 0.717) is 56.0 Å². The Balaban J connectivity index is 1.28. The smallest absolute Gasteiger partial charge is 0.264 e. The van der Waals surface area contributed by atoms with Crippen LogP contribution in [-0.2, 0) is 22.2 Å². The Morgan fingerprint density at radius 3 is 2.26 bits per heavy atom. The van der Waals surface area contributed by atoms with Crippen molar-refractivity contribution in [3.05, 3.63) is 94.8 Å². The fourth-order valence-corrected chi connectivity index (χ4v) is 5.61. The molecule has 3 aromatic carbocycles. The maximum absolute atomic E-state index is 14.3. The first kappa shape index (κ1) is 26.3. The van der Waals surface area contributed by atoms with Crippen LogP contribution in [0.25, 0.3) is 0 Å². The number of rotatable bonds is 5. The summed E-state index contributed by atoms with van der Waals surface area (Å²) >= 11 is 0. The summed E-state index contributed by atoms with van der Waals surface area (Å²) in [5.41, 5.74) is 2.68. The number of piperidine rings is 1. The first-order chi connectivity index (χ1) is 18.0. The molecule has 200 valence electrons. The van der Waals surface area contributed by atoms with Gasteiger partial charge in [0.2, 0.25) is 0 Å². The number of benzene rings is 3. The van der Waals surface area contributed by atoms with Crippen molar-refractivity contribution in [2.75, 3.05) is 31.1 Å². The zero-order valence-corrected chi connectivity index (χ0v) is 22.1. The van der Waals surface area contributed by atoms with Gasteiger partial charge in [0.15, 0.2) is 6.61 Å². The predicted octanol–water partition coefficient (Wildman–Crippen LogP) is 6.36. The van der Waals surface area contributed by atoms with Crippen molar-refractivity contribution < 1.29 is 22.7 Å². The van der Waals surface area contributed by atoms with Crippen LogP contribution in [0, 0.1) is 17.5 Å². The summed E-state index contributed by atoms with van der Waals surface area (Å²) < 4.78 is 48.0. The van der Waals surface area contributed by atoms with Crippen LogP contribution in [0.3, 0.4) is 0 Å². The van der Waals surface area contributed by atoms with Crippen LogP contribution in [0.4, 0.5) is 18.9 Å². The van der Waals surface area contributed by atoms with Crippen LogP contribution in [0.1, 0.15) is 50.3 Å². The maximum Gasteiger partial charge on any atom is 0.264 e. The second-order valence-corrected chi connectivity index (χ2v) is 11.5. The summed E-state index contributed by atoms with van der Waals surface area (Å²) in [4.78, 5) is 17.1. The molecule has 38 heavy (non-hydrogen) atoms. The summed E-state index contributed by atoms with van der Waals surface area (Å²) in [5, 5.41) is 0. The molecule has 0 N–H and O–H groups in total. The van der Waals surface area contributed by atoms with Gasteiger partial charge in [0.05, 0.1) is 0 Å². The Bertz CT molecular complexity index is 1330. The minimum atomic E-state index is -0.461. The number of fused-ring (bicyclic) bond motifs is 2. The highest BCUT2D eigenvalue weighted by atomic mass is 19.1. The molecule has 1 amide bonds. The summed E-state index contributed by atoms with van der Waals surface area (Å²) in [7, 11) is 0. The van der Waals surface area contributed by atoms with Gasteiger partial charge < -0.3 is 9.64 Å². The molecule has 1 saturated heterocycles. The molecular weight excluding hydrogens is 489 g/mol. The molecule has 0 aliphatic carbocycles. The van der Waals surface area contributed by atoms with Crippen LogP contribution < -0.4 is 9.64 Å². The number of carbonyl (C=O) groups excluding carboxylic acids is 1. The SMILES string of the molecule is CC(C)(C)c1ccc(OCC(=O)N2CC3(CCN(Cc4cc(F)ccc4F)CC3)c3cc(F)ccc32)cc1. The number of amides is 1. The van der Waals surface area contributed by atoms with Crippen molar-refractivity contribution >= 4 is 11.6 Å². The highest BCUT2D eigenvalue weighted by Gasteiger charge is 2.46. The van der Waals surface area contributed by atoms with E-state index in [9.17, 15) is 18.0 Å². The van der Waals surface area contributed by atoms with E-state index in [2.05, 4.69) is 25.7 Å². The molecule has 2 aliphatic rings. The first-order valence-electron chi connectivity index (χ1n) is 13.0. The minimum absolute atomic E-state index is 0.0260. The fraction of sp³-hybridized carbons (Fsp3) is 0.387. The number of anilines is 1.